The molecular weight excluding hydrogens is 422 g/mol. The summed E-state index contributed by atoms with van der Waals surface area (Å²) in [6.07, 6.45) is 6.42. The Hall–Kier alpha value is -4.08. The Kier molecular flexibility index (Phi) is 5.55. The number of rotatable bonds is 6. The Morgan fingerprint density at radius 2 is 2.06 bits per heavy atom. The van der Waals surface area contributed by atoms with E-state index in [0.29, 0.717) is 47.6 Å². The normalized spacial score (nSPS) is 15.7. The van der Waals surface area contributed by atoms with Crippen molar-refractivity contribution in [3.05, 3.63) is 65.9 Å². The molecule has 0 saturated carbocycles. The molecule has 5 rings (SSSR count). The number of carbonyl (C=O) groups is 1. The second-order valence-electron chi connectivity index (χ2n) is 7.74. The van der Waals surface area contributed by atoms with Crippen LogP contribution >= 0.6 is 0 Å². The molecule has 0 spiro atoms. The van der Waals surface area contributed by atoms with Gasteiger partial charge in [-0.15, -0.1) is 0 Å². The van der Waals surface area contributed by atoms with Crippen molar-refractivity contribution in [2.24, 2.45) is 0 Å². The molecule has 1 aliphatic heterocycles. The topological polar surface area (TPSA) is 112 Å². The van der Waals surface area contributed by atoms with Crippen molar-refractivity contribution >= 4 is 5.91 Å². The molecule has 10 nitrogen and oxygen atoms in total. The highest BCUT2D eigenvalue weighted by molar-refractivity contribution is 5.98. The number of aryl methyl sites for hydroxylation is 1. The summed E-state index contributed by atoms with van der Waals surface area (Å²) in [4.78, 5) is 25.7. The van der Waals surface area contributed by atoms with Crippen LogP contribution in [0.5, 0.6) is 5.88 Å². The zero-order chi connectivity index (χ0) is 22.8. The Balaban J connectivity index is 1.45. The molecule has 1 fully saturated rings. The Morgan fingerprint density at radius 1 is 1.21 bits per heavy atom. The SMILES string of the molecule is CCOc1ncccc1-c1nc([C@@H]2CCCN2C(=O)c2ccc(C)cc2-n2nccn2)no1. The van der Waals surface area contributed by atoms with Gasteiger partial charge in [-0.05, 0) is 56.5 Å². The molecule has 4 aromatic rings. The third-order valence-electron chi connectivity index (χ3n) is 5.55. The van der Waals surface area contributed by atoms with Crippen LogP contribution in [0.2, 0.25) is 0 Å². The van der Waals surface area contributed by atoms with E-state index >= 15 is 0 Å². The maximum atomic E-state index is 13.6. The van der Waals surface area contributed by atoms with Crippen molar-refractivity contribution in [3.8, 4) is 23.0 Å². The van der Waals surface area contributed by atoms with Gasteiger partial charge in [0.1, 0.15) is 5.56 Å². The van der Waals surface area contributed by atoms with Gasteiger partial charge in [-0.1, -0.05) is 11.2 Å². The molecule has 1 aliphatic rings. The largest absolute Gasteiger partial charge is 0.477 e. The van der Waals surface area contributed by atoms with Gasteiger partial charge in [0.25, 0.3) is 11.8 Å². The minimum atomic E-state index is -0.290. The first-order valence-electron chi connectivity index (χ1n) is 10.9. The number of aromatic nitrogens is 6. The number of hydrogen-bond acceptors (Lipinski definition) is 8. The monoisotopic (exact) mass is 445 g/mol. The summed E-state index contributed by atoms with van der Waals surface area (Å²) >= 11 is 0. The van der Waals surface area contributed by atoms with Gasteiger partial charge in [0, 0.05) is 12.7 Å². The molecular formula is C23H23N7O3. The Bertz CT molecular complexity index is 1270. The number of carbonyl (C=O) groups excluding carboxylic acids is 1. The van der Waals surface area contributed by atoms with Crippen molar-refractivity contribution < 1.29 is 14.1 Å². The Labute approximate surface area is 190 Å². The van der Waals surface area contributed by atoms with E-state index in [0.717, 1.165) is 18.4 Å². The van der Waals surface area contributed by atoms with Gasteiger partial charge >= 0.3 is 0 Å². The molecule has 33 heavy (non-hydrogen) atoms. The quantitative estimate of drug-likeness (QED) is 0.444. The van der Waals surface area contributed by atoms with Gasteiger partial charge in [-0.3, -0.25) is 4.79 Å². The summed E-state index contributed by atoms with van der Waals surface area (Å²) in [6.45, 7) is 4.93. The van der Waals surface area contributed by atoms with Crippen molar-refractivity contribution in [2.45, 2.75) is 32.7 Å². The van der Waals surface area contributed by atoms with Crippen LogP contribution in [0.3, 0.4) is 0 Å². The molecule has 0 N–H and O–H groups in total. The third kappa shape index (κ3) is 3.95. The average Bonchev–Trinajstić information content (AvgIpc) is 3.61. The molecule has 0 aliphatic carbocycles. The zero-order valence-corrected chi connectivity index (χ0v) is 18.4. The highest BCUT2D eigenvalue weighted by Gasteiger charge is 2.35. The van der Waals surface area contributed by atoms with Gasteiger partial charge in [0.05, 0.1) is 36.3 Å². The molecule has 1 saturated heterocycles. The first-order valence-corrected chi connectivity index (χ1v) is 10.9. The molecule has 10 heteroatoms. The fourth-order valence-electron chi connectivity index (χ4n) is 4.05. The van der Waals surface area contributed by atoms with Crippen LogP contribution in [-0.4, -0.2) is 54.1 Å². The molecule has 4 heterocycles. The first kappa shape index (κ1) is 20.8. The zero-order valence-electron chi connectivity index (χ0n) is 18.4. The van der Waals surface area contributed by atoms with Gasteiger partial charge < -0.3 is 14.2 Å². The van der Waals surface area contributed by atoms with E-state index in [1.807, 2.05) is 38.1 Å². The molecule has 168 valence electrons. The van der Waals surface area contributed by atoms with E-state index < -0.39 is 0 Å². The van der Waals surface area contributed by atoms with Crippen LogP contribution in [0, 0.1) is 6.92 Å². The van der Waals surface area contributed by atoms with Crippen LogP contribution in [0.1, 0.15) is 47.6 Å². The van der Waals surface area contributed by atoms with E-state index in [-0.39, 0.29) is 11.9 Å². The molecule has 3 aromatic heterocycles. The number of hydrogen-bond donors (Lipinski definition) is 0. The maximum absolute atomic E-state index is 13.6. The summed E-state index contributed by atoms with van der Waals surface area (Å²) in [7, 11) is 0. The van der Waals surface area contributed by atoms with Crippen LogP contribution in [0.15, 0.2) is 53.4 Å². The lowest BCUT2D eigenvalue weighted by molar-refractivity contribution is 0.0728. The van der Waals surface area contributed by atoms with Crippen molar-refractivity contribution in [1.82, 2.24) is 35.0 Å². The number of ether oxygens (including phenoxy) is 1. The molecule has 1 aromatic carbocycles. The highest BCUT2D eigenvalue weighted by atomic mass is 16.5. The predicted octanol–water partition coefficient (Wildman–Crippen LogP) is 3.40. The second kappa shape index (κ2) is 8.81. The molecule has 1 amide bonds. The predicted molar refractivity (Wildman–Crippen MR) is 118 cm³/mol. The van der Waals surface area contributed by atoms with E-state index in [4.69, 9.17) is 9.26 Å². The fraction of sp³-hybridized carbons (Fsp3) is 0.304. The van der Waals surface area contributed by atoms with Crippen LogP contribution in [0.25, 0.3) is 17.1 Å². The number of pyridine rings is 1. The lowest BCUT2D eigenvalue weighted by atomic mass is 10.1. The highest BCUT2D eigenvalue weighted by Crippen LogP contribution is 2.34. The van der Waals surface area contributed by atoms with Gasteiger partial charge in [-0.25, -0.2) is 4.98 Å². The van der Waals surface area contributed by atoms with Crippen LogP contribution in [0.4, 0.5) is 0 Å². The van der Waals surface area contributed by atoms with Crippen LogP contribution in [-0.2, 0) is 0 Å². The van der Waals surface area contributed by atoms with Crippen molar-refractivity contribution in [3.63, 3.8) is 0 Å². The number of amides is 1. The molecule has 0 bridgehead atoms. The number of nitrogens with zero attached hydrogens (tertiary/aromatic N) is 7. The summed E-state index contributed by atoms with van der Waals surface area (Å²) in [5, 5.41) is 12.6. The molecule has 0 unspecified atom stereocenters. The number of likely N-dealkylation sites (tertiary alicyclic amines) is 1. The minimum Gasteiger partial charge on any atom is -0.477 e. The van der Waals surface area contributed by atoms with Gasteiger partial charge in [-0.2, -0.15) is 20.0 Å². The third-order valence-corrected chi connectivity index (χ3v) is 5.55. The summed E-state index contributed by atoms with van der Waals surface area (Å²) in [6, 6.07) is 8.95. The fourth-order valence-corrected chi connectivity index (χ4v) is 4.05. The van der Waals surface area contributed by atoms with Crippen molar-refractivity contribution in [2.75, 3.05) is 13.2 Å². The van der Waals surface area contributed by atoms with Gasteiger partial charge in [0.15, 0.2) is 5.82 Å². The summed E-state index contributed by atoms with van der Waals surface area (Å²) in [5.74, 6) is 1.10. The lowest BCUT2D eigenvalue weighted by Gasteiger charge is -2.23. The van der Waals surface area contributed by atoms with Gasteiger partial charge in [0.2, 0.25) is 5.88 Å². The summed E-state index contributed by atoms with van der Waals surface area (Å²) in [5.41, 5.74) is 2.81. The minimum absolute atomic E-state index is 0.118. The standard InChI is InChI=1S/C23H23N7O3/c1-3-32-21-17(6-4-10-24-21)22-27-20(28-33-22)18-7-5-13-29(18)23(31)16-9-8-15(2)14-19(16)30-25-11-12-26-30/h4,6,8-12,14,18H,3,5,7,13H2,1-2H3/t18-/m0/s1. The Morgan fingerprint density at radius 3 is 2.88 bits per heavy atom. The molecule has 0 radical (unpaired) electrons. The van der Waals surface area contributed by atoms with E-state index in [9.17, 15) is 4.79 Å². The average molecular weight is 445 g/mol. The number of benzene rings is 1. The molecule has 1 atom stereocenters. The van der Waals surface area contributed by atoms with E-state index in [2.05, 4.69) is 25.3 Å². The smallest absolute Gasteiger partial charge is 0.263 e. The lowest BCUT2D eigenvalue weighted by Crippen LogP contribution is -2.32. The van der Waals surface area contributed by atoms with Crippen LogP contribution < -0.4 is 4.74 Å². The second-order valence-corrected chi connectivity index (χ2v) is 7.74. The first-order chi connectivity index (χ1) is 16.2. The van der Waals surface area contributed by atoms with E-state index in [1.165, 1.54) is 4.80 Å². The van der Waals surface area contributed by atoms with E-state index in [1.54, 1.807) is 29.6 Å². The maximum Gasteiger partial charge on any atom is 0.263 e. The summed E-state index contributed by atoms with van der Waals surface area (Å²) < 4.78 is 11.1. The van der Waals surface area contributed by atoms with Crippen molar-refractivity contribution in [1.29, 1.82) is 0 Å².